The molecule has 2 aromatic carbocycles. The van der Waals surface area contributed by atoms with Crippen molar-refractivity contribution >= 4 is 10.0 Å². The second-order valence-electron chi connectivity index (χ2n) is 5.33. The van der Waals surface area contributed by atoms with Crippen molar-refractivity contribution < 1.29 is 12.8 Å². The van der Waals surface area contributed by atoms with Crippen LogP contribution in [0.5, 0.6) is 0 Å². The molecule has 0 N–H and O–H groups in total. The van der Waals surface area contributed by atoms with Crippen molar-refractivity contribution in [2.24, 2.45) is 0 Å². The standard InChI is InChI=1S/C16H16FNO2S/c1-12-10-13-4-2-3-5-14(13)11-18(12)21(19,20)16-8-6-15(17)7-9-16/h2-9,12H,10-11H2,1H3. The molecule has 3 rings (SSSR count). The summed E-state index contributed by atoms with van der Waals surface area (Å²) in [6, 6.07) is 12.7. The second-order valence-corrected chi connectivity index (χ2v) is 7.22. The molecule has 0 aromatic heterocycles. The van der Waals surface area contributed by atoms with Gasteiger partial charge in [0.1, 0.15) is 5.82 Å². The average molecular weight is 305 g/mol. The van der Waals surface area contributed by atoms with Gasteiger partial charge >= 0.3 is 0 Å². The van der Waals surface area contributed by atoms with E-state index in [1.165, 1.54) is 34.1 Å². The van der Waals surface area contributed by atoms with Crippen molar-refractivity contribution in [3.05, 3.63) is 65.5 Å². The predicted molar refractivity (Wildman–Crippen MR) is 78.7 cm³/mol. The van der Waals surface area contributed by atoms with Crippen LogP contribution >= 0.6 is 0 Å². The number of nitrogens with zero attached hydrogens (tertiary/aromatic N) is 1. The first-order valence-corrected chi connectivity index (χ1v) is 8.26. The third-order valence-corrected chi connectivity index (χ3v) is 5.85. The van der Waals surface area contributed by atoms with Crippen LogP contribution in [0.4, 0.5) is 4.39 Å². The minimum absolute atomic E-state index is 0.116. The molecule has 0 saturated heterocycles. The third kappa shape index (κ3) is 2.59. The van der Waals surface area contributed by atoms with E-state index < -0.39 is 15.8 Å². The lowest BCUT2D eigenvalue weighted by molar-refractivity contribution is 0.309. The summed E-state index contributed by atoms with van der Waals surface area (Å²) in [5.41, 5.74) is 2.22. The fourth-order valence-corrected chi connectivity index (χ4v) is 4.33. The van der Waals surface area contributed by atoms with Crippen LogP contribution in [0.25, 0.3) is 0 Å². The van der Waals surface area contributed by atoms with E-state index in [4.69, 9.17) is 0 Å². The molecule has 21 heavy (non-hydrogen) atoms. The minimum Gasteiger partial charge on any atom is -0.207 e. The summed E-state index contributed by atoms with van der Waals surface area (Å²) in [6.07, 6.45) is 0.691. The van der Waals surface area contributed by atoms with E-state index in [9.17, 15) is 12.8 Å². The van der Waals surface area contributed by atoms with E-state index in [-0.39, 0.29) is 10.9 Å². The predicted octanol–water partition coefficient (Wildman–Crippen LogP) is 2.96. The SMILES string of the molecule is CC1Cc2ccccc2CN1S(=O)(=O)c1ccc(F)cc1. The van der Waals surface area contributed by atoms with Gasteiger partial charge in [-0.05, 0) is 48.7 Å². The van der Waals surface area contributed by atoms with Crippen LogP contribution in [0.3, 0.4) is 0 Å². The lowest BCUT2D eigenvalue weighted by Gasteiger charge is -2.33. The van der Waals surface area contributed by atoms with Crippen LogP contribution < -0.4 is 0 Å². The van der Waals surface area contributed by atoms with E-state index >= 15 is 0 Å². The molecule has 0 spiro atoms. The molecule has 0 fully saturated rings. The Kier molecular flexibility index (Phi) is 3.55. The van der Waals surface area contributed by atoms with Gasteiger partial charge in [0.2, 0.25) is 10.0 Å². The fraction of sp³-hybridized carbons (Fsp3) is 0.250. The normalized spacial score (nSPS) is 19.2. The van der Waals surface area contributed by atoms with Crippen molar-refractivity contribution in [3.8, 4) is 0 Å². The monoisotopic (exact) mass is 305 g/mol. The molecule has 0 aliphatic carbocycles. The summed E-state index contributed by atoms with van der Waals surface area (Å²) in [4.78, 5) is 0.134. The lowest BCUT2D eigenvalue weighted by atomic mass is 9.97. The van der Waals surface area contributed by atoms with Gasteiger partial charge in [-0.1, -0.05) is 24.3 Å². The lowest BCUT2D eigenvalue weighted by Crippen LogP contribution is -2.42. The van der Waals surface area contributed by atoms with Crippen LogP contribution in [0.15, 0.2) is 53.4 Å². The number of fused-ring (bicyclic) bond motifs is 1. The maximum absolute atomic E-state index is 13.0. The molecule has 2 aromatic rings. The summed E-state index contributed by atoms with van der Waals surface area (Å²) in [5, 5.41) is 0. The van der Waals surface area contributed by atoms with Crippen LogP contribution in [-0.4, -0.2) is 18.8 Å². The number of sulfonamides is 1. The Hall–Kier alpha value is -1.72. The Morgan fingerprint density at radius 2 is 1.67 bits per heavy atom. The molecule has 5 heteroatoms. The van der Waals surface area contributed by atoms with E-state index in [1.807, 2.05) is 31.2 Å². The van der Waals surface area contributed by atoms with Gasteiger partial charge in [-0.2, -0.15) is 4.31 Å². The highest BCUT2D eigenvalue weighted by Gasteiger charge is 2.33. The molecule has 1 heterocycles. The maximum atomic E-state index is 13.0. The third-order valence-electron chi connectivity index (χ3n) is 3.87. The molecule has 1 unspecified atom stereocenters. The van der Waals surface area contributed by atoms with Crippen molar-refractivity contribution in [2.45, 2.75) is 30.8 Å². The van der Waals surface area contributed by atoms with Gasteiger partial charge in [0.25, 0.3) is 0 Å². The minimum atomic E-state index is -3.60. The van der Waals surface area contributed by atoms with E-state index in [0.29, 0.717) is 13.0 Å². The molecular formula is C16H16FNO2S. The zero-order valence-corrected chi connectivity index (χ0v) is 12.5. The summed E-state index contributed by atoms with van der Waals surface area (Å²) in [5.74, 6) is -0.439. The Balaban J connectivity index is 1.98. The number of benzene rings is 2. The molecule has 110 valence electrons. The molecule has 0 radical (unpaired) electrons. The van der Waals surface area contributed by atoms with E-state index in [1.54, 1.807) is 0 Å². The number of rotatable bonds is 2. The summed E-state index contributed by atoms with van der Waals surface area (Å²) >= 11 is 0. The van der Waals surface area contributed by atoms with Gasteiger partial charge in [0.05, 0.1) is 4.90 Å². The maximum Gasteiger partial charge on any atom is 0.243 e. The van der Waals surface area contributed by atoms with Gasteiger partial charge in [-0.15, -0.1) is 0 Å². The summed E-state index contributed by atoms with van der Waals surface area (Å²) < 4.78 is 39.9. The second kappa shape index (κ2) is 5.24. The fourth-order valence-electron chi connectivity index (χ4n) is 2.72. The number of halogens is 1. The first-order chi connectivity index (χ1) is 9.98. The molecule has 1 aliphatic rings. The van der Waals surface area contributed by atoms with Crippen LogP contribution in [0.2, 0.25) is 0 Å². The molecule has 0 saturated carbocycles. The van der Waals surface area contributed by atoms with E-state index in [2.05, 4.69) is 0 Å². The summed E-state index contributed by atoms with van der Waals surface area (Å²) in [7, 11) is -3.60. The first-order valence-electron chi connectivity index (χ1n) is 6.82. The molecule has 1 atom stereocenters. The Labute approximate surface area is 124 Å². The quantitative estimate of drug-likeness (QED) is 0.855. The topological polar surface area (TPSA) is 37.4 Å². The van der Waals surface area contributed by atoms with Gasteiger partial charge in [0.15, 0.2) is 0 Å². The number of hydrogen-bond acceptors (Lipinski definition) is 2. The van der Waals surface area contributed by atoms with Crippen LogP contribution in [-0.2, 0) is 23.0 Å². The Bertz CT molecular complexity index is 756. The first kappa shape index (κ1) is 14.2. The average Bonchev–Trinajstić information content (AvgIpc) is 2.47. The smallest absolute Gasteiger partial charge is 0.207 e. The van der Waals surface area contributed by atoms with Crippen molar-refractivity contribution in [3.63, 3.8) is 0 Å². The van der Waals surface area contributed by atoms with Crippen molar-refractivity contribution in [1.29, 1.82) is 0 Å². The largest absolute Gasteiger partial charge is 0.243 e. The van der Waals surface area contributed by atoms with Crippen molar-refractivity contribution in [2.75, 3.05) is 0 Å². The van der Waals surface area contributed by atoms with Gasteiger partial charge in [0, 0.05) is 12.6 Å². The zero-order valence-electron chi connectivity index (χ0n) is 11.7. The van der Waals surface area contributed by atoms with Crippen LogP contribution in [0, 0.1) is 5.82 Å². The molecule has 0 amide bonds. The Morgan fingerprint density at radius 1 is 1.05 bits per heavy atom. The molecule has 1 aliphatic heterocycles. The highest BCUT2D eigenvalue weighted by molar-refractivity contribution is 7.89. The van der Waals surface area contributed by atoms with Crippen LogP contribution in [0.1, 0.15) is 18.1 Å². The highest BCUT2D eigenvalue weighted by Crippen LogP contribution is 2.28. The van der Waals surface area contributed by atoms with E-state index in [0.717, 1.165) is 5.56 Å². The molecular weight excluding hydrogens is 289 g/mol. The molecule has 3 nitrogen and oxygen atoms in total. The van der Waals surface area contributed by atoms with Gasteiger partial charge < -0.3 is 0 Å². The zero-order chi connectivity index (χ0) is 15.0. The van der Waals surface area contributed by atoms with Gasteiger partial charge in [-0.25, -0.2) is 12.8 Å². The molecule has 0 bridgehead atoms. The van der Waals surface area contributed by atoms with Gasteiger partial charge in [-0.3, -0.25) is 0 Å². The highest BCUT2D eigenvalue weighted by atomic mass is 32.2. The summed E-state index contributed by atoms with van der Waals surface area (Å²) in [6.45, 7) is 2.26. The van der Waals surface area contributed by atoms with Crippen molar-refractivity contribution in [1.82, 2.24) is 4.31 Å². The number of hydrogen-bond donors (Lipinski definition) is 0. The Morgan fingerprint density at radius 3 is 2.33 bits per heavy atom.